The fourth-order valence-electron chi connectivity index (χ4n) is 3.44. The third-order valence-electron chi connectivity index (χ3n) is 5.00. The van der Waals surface area contributed by atoms with Crippen LogP contribution in [-0.2, 0) is 16.2 Å². The number of ketones is 1. The monoisotopic (exact) mass is 516 g/mol. The number of hydrogen-bond acceptors (Lipinski definition) is 6. The predicted octanol–water partition coefficient (Wildman–Crippen LogP) is 4.82. The first-order valence-electron chi connectivity index (χ1n) is 9.32. The third kappa shape index (κ3) is 4.66. The van der Waals surface area contributed by atoms with Crippen molar-refractivity contribution in [3.05, 3.63) is 63.4 Å². The summed E-state index contributed by atoms with van der Waals surface area (Å²) in [6, 6.07) is 3.30. The van der Waals surface area contributed by atoms with Crippen LogP contribution in [0.15, 0.2) is 57.0 Å². The molecule has 13 heteroatoms. The maximum Gasteiger partial charge on any atom is 0.417 e. The second-order valence-corrected chi connectivity index (χ2v) is 9.66. The number of dihydropyridines is 1. The zero-order valence-electron chi connectivity index (χ0n) is 16.3. The lowest BCUT2D eigenvalue weighted by molar-refractivity contribution is -0.137. The van der Waals surface area contributed by atoms with Crippen LogP contribution in [0.2, 0.25) is 10.0 Å². The number of pyridine rings is 1. The van der Waals surface area contributed by atoms with E-state index in [0.717, 1.165) is 24.4 Å². The summed E-state index contributed by atoms with van der Waals surface area (Å²) in [6.07, 6.45) is 0.907. The van der Waals surface area contributed by atoms with Crippen LogP contribution in [0.3, 0.4) is 0 Å². The molecule has 0 saturated heterocycles. The second-order valence-electron chi connectivity index (χ2n) is 7.13. The summed E-state index contributed by atoms with van der Waals surface area (Å²) in [4.78, 5) is 24.9. The Hall–Kier alpha value is -2.76. The number of rotatable bonds is 5. The van der Waals surface area contributed by atoms with E-state index in [1.54, 1.807) is 6.21 Å². The number of alkyl halides is 3. The smallest absolute Gasteiger partial charge is 0.287 e. The number of nitrogens with one attached hydrogen (secondary N) is 1. The van der Waals surface area contributed by atoms with Crippen LogP contribution in [-0.4, -0.2) is 37.8 Å². The highest BCUT2D eigenvalue weighted by molar-refractivity contribution is 7.92. The van der Waals surface area contributed by atoms with E-state index in [0.29, 0.717) is 18.1 Å². The molecule has 0 bridgehead atoms. The summed E-state index contributed by atoms with van der Waals surface area (Å²) < 4.78 is 67.4. The minimum Gasteiger partial charge on any atom is -0.287 e. The molecule has 3 heterocycles. The average molecular weight is 517 g/mol. The van der Waals surface area contributed by atoms with Gasteiger partial charge >= 0.3 is 6.18 Å². The molecule has 2 atom stereocenters. The molecule has 0 amide bonds. The van der Waals surface area contributed by atoms with Crippen LogP contribution in [0.1, 0.15) is 22.5 Å². The second kappa shape index (κ2) is 8.54. The number of benzene rings is 1. The Labute approximate surface area is 196 Å². The van der Waals surface area contributed by atoms with E-state index >= 15 is 0 Å². The van der Waals surface area contributed by atoms with Crippen LogP contribution in [0.4, 0.5) is 18.9 Å². The van der Waals surface area contributed by atoms with E-state index in [1.807, 2.05) is 0 Å². The van der Waals surface area contributed by atoms with Gasteiger partial charge in [0.1, 0.15) is 11.9 Å². The Morgan fingerprint density at radius 2 is 1.91 bits per heavy atom. The molecule has 172 valence electrons. The third-order valence-corrected chi connectivity index (χ3v) is 6.90. The molecule has 2 aliphatic rings. The Bertz CT molecular complexity index is 1340. The summed E-state index contributed by atoms with van der Waals surface area (Å²) in [5, 5.41) is -0.640. The number of anilines is 1. The molecule has 7 nitrogen and oxygen atoms in total. The van der Waals surface area contributed by atoms with Crippen LogP contribution < -0.4 is 4.72 Å². The van der Waals surface area contributed by atoms with Crippen molar-refractivity contribution >= 4 is 57.1 Å². The lowest BCUT2D eigenvalue weighted by Crippen LogP contribution is -2.25. The van der Waals surface area contributed by atoms with Gasteiger partial charge in [0, 0.05) is 30.1 Å². The highest BCUT2D eigenvalue weighted by Gasteiger charge is 2.36. The van der Waals surface area contributed by atoms with E-state index in [-0.39, 0.29) is 22.3 Å². The number of sulfonamides is 1. The Kier molecular flexibility index (Phi) is 6.06. The molecule has 2 aromatic rings. The summed E-state index contributed by atoms with van der Waals surface area (Å²) in [5.41, 5.74) is -1.53. The summed E-state index contributed by atoms with van der Waals surface area (Å²) in [7, 11) is -4.56. The zero-order chi connectivity index (χ0) is 24.0. The Morgan fingerprint density at radius 1 is 1.15 bits per heavy atom. The molecular formula is C20H13Cl2F3N4O3S. The number of nitrogens with zero attached hydrogens (tertiary/aromatic N) is 3. The number of allylic oxidation sites excluding steroid dienone is 1. The molecule has 0 saturated carbocycles. The minimum atomic E-state index is -4.86. The van der Waals surface area contributed by atoms with E-state index in [1.165, 1.54) is 12.3 Å². The number of carbonyl (C=O) groups excluding carboxylic acids is 1. The Morgan fingerprint density at radius 3 is 2.64 bits per heavy atom. The van der Waals surface area contributed by atoms with Crippen LogP contribution in [0.5, 0.6) is 0 Å². The Balaban J connectivity index is 1.71. The van der Waals surface area contributed by atoms with Gasteiger partial charge in [-0.15, -0.1) is 0 Å². The van der Waals surface area contributed by atoms with Crippen molar-refractivity contribution in [3.8, 4) is 0 Å². The first kappa shape index (κ1) is 23.4. The van der Waals surface area contributed by atoms with E-state index < -0.39 is 43.6 Å². The van der Waals surface area contributed by atoms with Gasteiger partial charge in [-0.2, -0.15) is 13.2 Å². The molecule has 0 fully saturated rings. The van der Waals surface area contributed by atoms with Gasteiger partial charge in [0.15, 0.2) is 0 Å². The van der Waals surface area contributed by atoms with Gasteiger partial charge in [0.2, 0.25) is 5.78 Å². The van der Waals surface area contributed by atoms with E-state index in [9.17, 15) is 26.4 Å². The van der Waals surface area contributed by atoms with Crippen molar-refractivity contribution in [1.82, 2.24) is 4.98 Å². The van der Waals surface area contributed by atoms with Crippen LogP contribution in [0, 0.1) is 5.92 Å². The zero-order valence-corrected chi connectivity index (χ0v) is 18.7. The van der Waals surface area contributed by atoms with E-state index in [2.05, 4.69) is 19.7 Å². The fourth-order valence-corrected chi connectivity index (χ4v) is 4.91. The molecule has 2 unspecified atom stereocenters. The van der Waals surface area contributed by atoms with Crippen molar-refractivity contribution < 1.29 is 26.4 Å². The van der Waals surface area contributed by atoms with Crippen molar-refractivity contribution in [2.45, 2.75) is 23.7 Å². The molecule has 1 N–H and O–H groups in total. The number of hydrogen-bond donors (Lipinski definition) is 1. The van der Waals surface area contributed by atoms with Gasteiger partial charge in [-0.3, -0.25) is 19.5 Å². The van der Waals surface area contributed by atoms with Gasteiger partial charge in [-0.25, -0.2) is 13.4 Å². The number of carbonyl (C=O) groups is 1. The number of aliphatic imine (C=N–C) groups is 2. The average Bonchev–Trinajstić information content (AvgIpc) is 3.21. The lowest BCUT2D eigenvalue weighted by Gasteiger charge is -2.21. The number of halogens is 5. The van der Waals surface area contributed by atoms with Gasteiger partial charge in [0.05, 0.1) is 26.2 Å². The molecule has 2 aliphatic heterocycles. The highest BCUT2D eigenvalue weighted by Crippen LogP contribution is 2.37. The highest BCUT2D eigenvalue weighted by atomic mass is 35.5. The van der Waals surface area contributed by atoms with Crippen molar-refractivity contribution in [2.24, 2.45) is 15.9 Å². The van der Waals surface area contributed by atoms with Gasteiger partial charge in [0.25, 0.3) is 10.0 Å². The molecule has 4 rings (SSSR count). The number of fused-ring (bicyclic) bond motifs is 1. The van der Waals surface area contributed by atoms with Crippen molar-refractivity contribution in [3.63, 3.8) is 0 Å². The largest absolute Gasteiger partial charge is 0.417 e. The quantitative estimate of drug-likeness (QED) is 0.575. The standard InChI is InChI=1S/C20H13Cl2F3N4O3S/c21-10-7-16(29-33(31,32)11-1-2-15(22)14(8-11)20(23,24)25)17(28-9-10)18(30)12-3-5-26-19-13(12)4-6-27-19/h1-3,5-9,13,19,29H,4H2. The van der Waals surface area contributed by atoms with Crippen molar-refractivity contribution in [2.75, 3.05) is 4.72 Å². The summed E-state index contributed by atoms with van der Waals surface area (Å²) in [5.74, 6) is -0.904. The summed E-state index contributed by atoms with van der Waals surface area (Å²) in [6.45, 7) is 0. The van der Waals surface area contributed by atoms with Crippen LogP contribution in [0.25, 0.3) is 0 Å². The lowest BCUT2D eigenvalue weighted by atomic mass is 9.88. The van der Waals surface area contributed by atoms with Gasteiger partial charge in [-0.1, -0.05) is 23.2 Å². The van der Waals surface area contributed by atoms with Crippen LogP contribution >= 0.6 is 23.2 Å². The van der Waals surface area contributed by atoms with Gasteiger partial charge < -0.3 is 0 Å². The SMILES string of the molecule is O=C(C1=CC=NC2N=CCC12)c1ncc(Cl)cc1NS(=O)(=O)c1ccc(Cl)c(C(F)(F)F)c1. The first-order valence-corrected chi connectivity index (χ1v) is 11.6. The molecule has 33 heavy (non-hydrogen) atoms. The normalized spacial score (nSPS) is 19.8. The molecule has 0 aliphatic carbocycles. The molecular weight excluding hydrogens is 504 g/mol. The molecule has 0 spiro atoms. The van der Waals surface area contributed by atoms with Crippen molar-refractivity contribution in [1.29, 1.82) is 0 Å². The first-order chi connectivity index (χ1) is 15.5. The fraction of sp³-hybridized carbons (Fsp3) is 0.200. The van der Waals surface area contributed by atoms with E-state index in [4.69, 9.17) is 23.2 Å². The number of Topliss-reactive ketones (excluding diaryl/α,β-unsaturated/α-hetero) is 1. The summed E-state index contributed by atoms with van der Waals surface area (Å²) >= 11 is 11.5. The maximum atomic E-state index is 13.2. The maximum absolute atomic E-state index is 13.2. The minimum absolute atomic E-state index is 0.0117. The molecule has 1 aromatic carbocycles. The van der Waals surface area contributed by atoms with Gasteiger partial charge in [-0.05, 0) is 36.8 Å². The topological polar surface area (TPSA) is 101 Å². The predicted molar refractivity (Wildman–Crippen MR) is 118 cm³/mol. The molecule has 0 radical (unpaired) electrons. The molecule has 1 aromatic heterocycles. The number of aromatic nitrogens is 1.